The molecular weight excluding hydrogens is 320 g/mol. The van der Waals surface area contributed by atoms with Gasteiger partial charge in [-0.15, -0.1) is 11.3 Å². The van der Waals surface area contributed by atoms with Gasteiger partial charge in [0.2, 0.25) is 0 Å². The molecule has 1 aromatic heterocycles. The lowest BCUT2D eigenvalue weighted by Crippen LogP contribution is -1.98. The first-order valence-corrected chi connectivity index (χ1v) is 8.36. The average Bonchev–Trinajstić information content (AvgIpc) is 3.08. The number of hydrogen-bond acceptors (Lipinski definition) is 5. The molecule has 4 nitrogen and oxygen atoms in total. The number of aromatic nitrogens is 1. The molecule has 120 valence electrons. The summed E-state index contributed by atoms with van der Waals surface area (Å²) in [4.78, 5) is 4.50. The fraction of sp³-hybridized carbons (Fsp3) is 0.158. The first-order chi connectivity index (χ1) is 11.7. The third-order valence-electron chi connectivity index (χ3n) is 3.33. The number of benzene rings is 2. The number of thiazole rings is 1. The molecule has 0 amide bonds. The van der Waals surface area contributed by atoms with Gasteiger partial charge in [0.25, 0.3) is 0 Å². The molecule has 5 heteroatoms. The lowest BCUT2D eigenvalue weighted by atomic mass is 10.2. The summed E-state index contributed by atoms with van der Waals surface area (Å²) in [6.07, 6.45) is 0. The Morgan fingerprint density at radius 2 is 1.83 bits per heavy atom. The van der Waals surface area contributed by atoms with E-state index in [0.717, 1.165) is 16.5 Å². The first-order valence-electron chi connectivity index (χ1n) is 7.48. The Balaban J connectivity index is 1.53. The van der Waals surface area contributed by atoms with Crippen molar-refractivity contribution in [2.45, 2.75) is 20.1 Å². The van der Waals surface area contributed by atoms with Crippen LogP contribution in [0.2, 0.25) is 0 Å². The van der Waals surface area contributed by atoms with Crippen LogP contribution >= 0.6 is 11.3 Å². The Labute approximate surface area is 144 Å². The molecule has 24 heavy (non-hydrogen) atoms. The smallest absolute Gasteiger partial charge is 0.140 e. The summed E-state index contributed by atoms with van der Waals surface area (Å²) >= 11 is 1.55. The molecule has 1 heterocycles. The van der Waals surface area contributed by atoms with Gasteiger partial charge in [-0.1, -0.05) is 23.8 Å². The van der Waals surface area contributed by atoms with E-state index in [2.05, 4.69) is 11.1 Å². The fourth-order valence-corrected chi connectivity index (χ4v) is 2.76. The third kappa shape index (κ3) is 4.34. The van der Waals surface area contributed by atoms with Gasteiger partial charge in [-0.05, 0) is 37.3 Å². The van der Waals surface area contributed by atoms with Gasteiger partial charge < -0.3 is 9.47 Å². The molecule has 0 radical (unpaired) electrons. The van der Waals surface area contributed by atoms with E-state index in [9.17, 15) is 0 Å². The van der Waals surface area contributed by atoms with Crippen LogP contribution < -0.4 is 9.47 Å². The molecule has 0 N–H and O–H groups in total. The minimum atomic E-state index is 0.371. The molecule has 0 bridgehead atoms. The summed E-state index contributed by atoms with van der Waals surface area (Å²) in [6, 6.07) is 17.1. The highest BCUT2D eigenvalue weighted by molar-refractivity contribution is 7.09. The number of ether oxygens (including phenoxy) is 2. The van der Waals surface area contributed by atoms with Crippen LogP contribution in [-0.2, 0) is 13.2 Å². The average molecular weight is 336 g/mol. The topological polar surface area (TPSA) is 55.1 Å². The van der Waals surface area contributed by atoms with Gasteiger partial charge in [-0.2, -0.15) is 5.26 Å². The van der Waals surface area contributed by atoms with E-state index in [-0.39, 0.29) is 0 Å². The number of nitrogens with zero attached hydrogens (tertiary/aromatic N) is 2. The van der Waals surface area contributed by atoms with Crippen LogP contribution in [0, 0.1) is 18.3 Å². The second-order valence-electron chi connectivity index (χ2n) is 5.26. The van der Waals surface area contributed by atoms with Crippen LogP contribution in [0.15, 0.2) is 53.9 Å². The molecule has 0 aliphatic heterocycles. The van der Waals surface area contributed by atoms with Crippen LogP contribution in [0.4, 0.5) is 0 Å². The maximum absolute atomic E-state index is 8.89. The number of hydrogen-bond donors (Lipinski definition) is 0. The van der Waals surface area contributed by atoms with E-state index in [1.165, 1.54) is 5.56 Å². The molecule has 0 saturated carbocycles. The van der Waals surface area contributed by atoms with Gasteiger partial charge in [0.05, 0.1) is 17.3 Å². The summed E-state index contributed by atoms with van der Waals surface area (Å²) < 4.78 is 11.4. The molecule has 3 rings (SSSR count). The van der Waals surface area contributed by atoms with Crippen molar-refractivity contribution in [3.05, 3.63) is 75.7 Å². The largest absolute Gasteiger partial charge is 0.487 e. The molecule has 0 fully saturated rings. The van der Waals surface area contributed by atoms with Crippen LogP contribution in [0.5, 0.6) is 11.5 Å². The fourth-order valence-electron chi connectivity index (χ4n) is 2.07. The second-order valence-corrected chi connectivity index (χ2v) is 6.21. The molecular formula is C19H16N2O2S. The maximum atomic E-state index is 8.89. The maximum Gasteiger partial charge on any atom is 0.140 e. The van der Waals surface area contributed by atoms with Crippen molar-refractivity contribution in [3.8, 4) is 17.6 Å². The minimum Gasteiger partial charge on any atom is -0.487 e. The predicted octanol–water partition coefficient (Wildman–Crippen LogP) is 4.48. The lowest BCUT2D eigenvalue weighted by Gasteiger charge is -2.05. The van der Waals surface area contributed by atoms with Crippen LogP contribution in [0.25, 0.3) is 0 Å². The van der Waals surface area contributed by atoms with Gasteiger partial charge in [0.1, 0.15) is 29.7 Å². The van der Waals surface area contributed by atoms with Crippen LogP contribution in [-0.4, -0.2) is 4.98 Å². The van der Waals surface area contributed by atoms with Gasteiger partial charge in [0.15, 0.2) is 0 Å². The van der Waals surface area contributed by atoms with Crippen molar-refractivity contribution in [1.29, 1.82) is 5.26 Å². The van der Waals surface area contributed by atoms with E-state index >= 15 is 0 Å². The highest BCUT2D eigenvalue weighted by atomic mass is 32.1. The highest BCUT2D eigenvalue weighted by Crippen LogP contribution is 2.18. The highest BCUT2D eigenvalue weighted by Gasteiger charge is 2.05. The summed E-state index contributed by atoms with van der Waals surface area (Å²) in [5, 5.41) is 11.8. The van der Waals surface area contributed by atoms with Crippen molar-refractivity contribution in [2.24, 2.45) is 0 Å². The Bertz CT molecular complexity index is 850. The quantitative estimate of drug-likeness (QED) is 0.666. The molecule has 0 aliphatic carbocycles. The number of rotatable bonds is 6. The van der Waals surface area contributed by atoms with Crippen molar-refractivity contribution >= 4 is 11.3 Å². The van der Waals surface area contributed by atoms with Crippen molar-refractivity contribution in [2.75, 3.05) is 0 Å². The van der Waals surface area contributed by atoms with Crippen LogP contribution in [0.3, 0.4) is 0 Å². The number of nitriles is 1. The summed E-state index contributed by atoms with van der Waals surface area (Å²) in [5.41, 5.74) is 2.64. The zero-order chi connectivity index (χ0) is 16.8. The van der Waals surface area contributed by atoms with E-state index in [1.54, 1.807) is 29.5 Å². The van der Waals surface area contributed by atoms with E-state index in [1.807, 2.05) is 42.6 Å². The Kier molecular flexibility index (Phi) is 5.09. The SMILES string of the molecule is Cc1ccc(OCc2nc(COc3cccc(C#N)c3)cs2)cc1. The third-order valence-corrected chi connectivity index (χ3v) is 4.20. The molecule has 0 unspecified atom stereocenters. The van der Waals surface area contributed by atoms with E-state index in [4.69, 9.17) is 14.7 Å². The summed E-state index contributed by atoms with van der Waals surface area (Å²) in [6.45, 7) is 2.86. The molecule has 2 aromatic carbocycles. The van der Waals surface area contributed by atoms with Gasteiger partial charge in [-0.3, -0.25) is 0 Å². The van der Waals surface area contributed by atoms with E-state index in [0.29, 0.717) is 24.5 Å². The number of aryl methyl sites for hydroxylation is 1. The zero-order valence-electron chi connectivity index (χ0n) is 13.2. The summed E-state index contributed by atoms with van der Waals surface area (Å²) in [5.74, 6) is 1.50. The molecule has 3 aromatic rings. The minimum absolute atomic E-state index is 0.371. The molecule has 0 saturated heterocycles. The van der Waals surface area contributed by atoms with Crippen LogP contribution in [0.1, 0.15) is 21.8 Å². The molecule has 0 spiro atoms. The van der Waals surface area contributed by atoms with Crippen molar-refractivity contribution in [1.82, 2.24) is 4.98 Å². The Morgan fingerprint density at radius 1 is 1.04 bits per heavy atom. The molecule has 0 atom stereocenters. The zero-order valence-corrected chi connectivity index (χ0v) is 14.0. The van der Waals surface area contributed by atoms with Gasteiger partial charge in [0, 0.05) is 5.38 Å². The second kappa shape index (κ2) is 7.62. The van der Waals surface area contributed by atoms with Crippen molar-refractivity contribution in [3.63, 3.8) is 0 Å². The lowest BCUT2D eigenvalue weighted by molar-refractivity contribution is 0.294. The van der Waals surface area contributed by atoms with E-state index < -0.39 is 0 Å². The normalized spacial score (nSPS) is 10.2. The first kappa shape index (κ1) is 16.0. The molecule has 0 aliphatic rings. The summed E-state index contributed by atoms with van der Waals surface area (Å²) in [7, 11) is 0. The Hall–Kier alpha value is -2.84. The van der Waals surface area contributed by atoms with Gasteiger partial charge >= 0.3 is 0 Å². The predicted molar refractivity (Wildman–Crippen MR) is 93.1 cm³/mol. The van der Waals surface area contributed by atoms with Gasteiger partial charge in [-0.25, -0.2) is 4.98 Å². The standard InChI is InChI=1S/C19H16N2O2S/c1-14-5-7-17(8-6-14)23-12-19-21-16(13-24-19)11-22-18-4-2-3-15(9-18)10-20/h2-9,13H,11-12H2,1H3. The van der Waals surface area contributed by atoms with Crippen molar-refractivity contribution < 1.29 is 9.47 Å². The monoisotopic (exact) mass is 336 g/mol. The Morgan fingerprint density at radius 3 is 2.62 bits per heavy atom.